The summed E-state index contributed by atoms with van der Waals surface area (Å²) in [4.78, 5) is 0.435. The molecule has 0 atom stereocenters. The van der Waals surface area contributed by atoms with Gasteiger partial charge in [-0.25, -0.2) is 0 Å². The van der Waals surface area contributed by atoms with Gasteiger partial charge in [0.1, 0.15) is 4.99 Å². The van der Waals surface area contributed by atoms with Crippen LogP contribution in [0.5, 0.6) is 0 Å². The van der Waals surface area contributed by atoms with E-state index in [0.29, 0.717) is 4.99 Å². The number of thiocarbonyl (C=S) groups is 1. The van der Waals surface area contributed by atoms with Crippen LogP contribution in [0.3, 0.4) is 0 Å². The van der Waals surface area contributed by atoms with Gasteiger partial charge in [-0.1, -0.05) is 42.5 Å². The molecule has 0 aliphatic heterocycles. The molecule has 104 valence electrons. The van der Waals surface area contributed by atoms with E-state index in [-0.39, 0.29) is 0 Å². The second-order valence-corrected chi connectivity index (χ2v) is 5.52. The zero-order valence-corrected chi connectivity index (χ0v) is 12.6. The average molecular weight is 292 g/mol. The van der Waals surface area contributed by atoms with Gasteiger partial charge in [-0.2, -0.15) is 0 Å². The van der Waals surface area contributed by atoms with E-state index in [1.807, 2.05) is 31.2 Å². The Morgan fingerprint density at radius 3 is 2.29 bits per heavy atom. The lowest BCUT2D eigenvalue weighted by molar-refractivity contribution is 1.42. The molecule has 0 unspecified atom stereocenters. The molecule has 0 saturated heterocycles. The van der Waals surface area contributed by atoms with Crippen molar-refractivity contribution in [2.75, 3.05) is 5.32 Å². The highest BCUT2D eigenvalue weighted by Crippen LogP contribution is 2.23. The predicted molar refractivity (Wildman–Crippen MR) is 94.3 cm³/mol. The van der Waals surface area contributed by atoms with Crippen LogP contribution in [-0.2, 0) is 0 Å². The van der Waals surface area contributed by atoms with Gasteiger partial charge >= 0.3 is 0 Å². The summed E-state index contributed by atoms with van der Waals surface area (Å²) in [6, 6.07) is 20.7. The highest BCUT2D eigenvalue weighted by Gasteiger charge is 2.03. The predicted octanol–water partition coefficient (Wildman–Crippen LogP) is 4.53. The van der Waals surface area contributed by atoms with Gasteiger partial charge in [-0.05, 0) is 53.6 Å². The zero-order valence-electron chi connectivity index (χ0n) is 11.8. The van der Waals surface area contributed by atoms with Gasteiger partial charge in [0.2, 0.25) is 0 Å². The van der Waals surface area contributed by atoms with Crippen LogP contribution in [0.15, 0.2) is 60.7 Å². The topological polar surface area (TPSA) is 38.0 Å². The summed E-state index contributed by atoms with van der Waals surface area (Å²) in [5.41, 5.74) is 9.79. The van der Waals surface area contributed by atoms with Crippen molar-refractivity contribution in [3.63, 3.8) is 0 Å². The Kier molecular flexibility index (Phi) is 3.59. The summed E-state index contributed by atoms with van der Waals surface area (Å²) in [6.07, 6.45) is 0. The lowest BCUT2D eigenvalue weighted by Gasteiger charge is -2.10. The second kappa shape index (κ2) is 5.54. The van der Waals surface area contributed by atoms with Crippen molar-refractivity contribution in [1.82, 2.24) is 0 Å². The van der Waals surface area contributed by atoms with Crippen LogP contribution < -0.4 is 11.1 Å². The van der Waals surface area contributed by atoms with Gasteiger partial charge in [0.25, 0.3) is 0 Å². The summed E-state index contributed by atoms with van der Waals surface area (Å²) in [6.45, 7) is 2.01. The summed E-state index contributed by atoms with van der Waals surface area (Å²) in [5.74, 6) is 0. The number of nitrogens with one attached hydrogen (secondary N) is 1. The smallest absolute Gasteiger partial charge is 0.104 e. The van der Waals surface area contributed by atoms with Crippen molar-refractivity contribution in [2.45, 2.75) is 6.92 Å². The second-order valence-electron chi connectivity index (χ2n) is 5.08. The SMILES string of the molecule is Cc1cc(Nc2ccc3ccccc3c2)ccc1C(N)=S. The quantitative estimate of drug-likeness (QED) is 0.697. The van der Waals surface area contributed by atoms with Crippen LogP contribution in [0.1, 0.15) is 11.1 Å². The first-order valence-corrected chi connectivity index (χ1v) is 7.20. The molecule has 3 heteroatoms. The summed E-state index contributed by atoms with van der Waals surface area (Å²) in [7, 11) is 0. The summed E-state index contributed by atoms with van der Waals surface area (Å²) < 4.78 is 0. The van der Waals surface area contributed by atoms with Crippen LogP contribution in [0.4, 0.5) is 11.4 Å². The molecule has 0 amide bonds. The molecule has 0 fully saturated rings. The molecule has 0 aromatic heterocycles. The fourth-order valence-corrected chi connectivity index (χ4v) is 2.68. The minimum Gasteiger partial charge on any atom is -0.389 e. The largest absolute Gasteiger partial charge is 0.389 e. The Hall–Kier alpha value is -2.39. The molecule has 21 heavy (non-hydrogen) atoms. The van der Waals surface area contributed by atoms with Gasteiger partial charge in [-0.15, -0.1) is 0 Å². The average Bonchev–Trinajstić information content (AvgIpc) is 2.47. The Balaban J connectivity index is 1.91. The Morgan fingerprint density at radius 2 is 1.57 bits per heavy atom. The van der Waals surface area contributed by atoms with Crippen LogP contribution in [0, 0.1) is 6.92 Å². The standard InChI is InChI=1S/C18H16N2S/c1-12-10-15(8-9-17(12)18(19)21)20-16-7-6-13-4-2-3-5-14(13)11-16/h2-11,20H,1H3,(H2,19,21). The van der Waals surface area contributed by atoms with E-state index in [1.54, 1.807) is 0 Å². The van der Waals surface area contributed by atoms with Crippen molar-refractivity contribution in [3.8, 4) is 0 Å². The number of benzene rings is 3. The Labute approximate surface area is 129 Å². The van der Waals surface area contributed by atoms with E-state index in [4.69, 9.17) is 18.0 Å². The third kappa shape index (κ3) is 2.88. The van der Waals surface area contributed by atoms with E-state index in [2.05, 4.69) is 41.7 Å². The van der Waals surface area contributed by atoms with Crippen molar-refractivity contribution >= 4 is 39.4 Å². The van der Waals surface area contributed by atoms with Crippen LogP contribution in [0.2, 0.25) is 0 Å². The zero-order chi connectivity index (χ0) is 14.8. The summed E-state index contributed by atoms with van der Waals surface area (Å²) >= 11 is 5.03. The number of fused-ring (bicyclic) bond motifs is 1. The van der Waals surface area contributed by atoms with E-state index in [0.717, 1.165) is 22.5 Å². The fraction of sp³-hybridized carbons (Fsp3) is 0.0556. The Morgan fingerprint density at radius 1 is 0.905 bits per heavy atom. The molecular formula is C18H16N2S. The van der Waals surface area contributed by atoms with Gasteiger partial charge in [0, 0.05) is 16.9 Å². The normalized spacial score (nSPS) is 10.5. The molecule has 2 nitrogen and oxygen atoms in total. The van der Waals surface area contributed by atoms with Gasteiger partial charge in [-0.3, -0.25) is 0 Å². The van der Waals surface area contributed by atoms with Crippen LogP contribution in [0.25, 0.3) is 10.8 Å². The maximum atomic E-state index is 5.69. The summed E-state index contributed by atoms with van der Waals surface area (Å²) in [5, 5.41) is 5.88. The van der Waals surface area contributed by atoms with Gasteiger partial charge in [0.05, 0.1) is 0 Å². The molecule has 3 rings (SSSR count). The maximum absolute atomic E-state index is 5.69. The molecule has 3 aromatic rings. The molecule has 3 N–H and O–H groups in total. The molecular weight excluding hydrogens is 276 g/mol. The number of aryl methyl sites for hydroxylation is 1. The van der Waals surface area contributed by atoms with Crippen molar-refractivity contribution in [1.29, 1.82) is 0 Å². The fourth-order valence-electron chi connectivity index (χ4n) is 2.45. The van der Waals surface area contributed by atoms with Gasteiger partial charge < -0.3 is 11.1 Å². The molecule has 0 radical (unpaired) electrons. The van der Waals surface area contributed by atoms with E-state index < -0.39 is 0 Å². The minimum absolute atomic E-state index is 0.435. The minimum atomic E-state index is 0.435. The molecule has 0 aliphatic rings. The van der Waals surface area contributed by atoms with E-state index >= 15 is 0 Å². The first-order chi connectivity index (χ1) is 10.1. The first kappa shape index (κ1) is 13.6. The Bertz CT molecular complexity index is 824. The van der Waals surface area contributed by atoms with E-state index in [1.165, 1.54) is 10.8 Å². The lowest BCUT2D eigenvalue weighted by atomic mass is 10.1. The molecule has 0 bridgehead atoms. The third-order valence-electron chi connectivity index (χ3n) is 3.53. The number of rotatable bonds is 3. The first-order valence-electron chi connectivity index (χ1n) is 6.80. The molecule has 0 heterocycles. The van der Waals surface area contributed by atoms with Crippen molar-refractivity contribution in [3.05, 3.63) is 71.8 Å². The highest BCUT2D eigenvalue weighted by atomic mass is 32.1. The monoisotopic (exact) mass is 292 g/mol. The van der Waals surface area contributed by atoms with E-state index in [9.17, 15) is 0 Å². The van der Waals surface area contributed by atoms with Crippen LogP contribution >= 0.6 is 12.2 Å². The number of anilines is 2. The lowest BCUT2D eigenvalue weighted by Crippen LogP contribution is -2.11. The highest BCUT2D eigenvalue weighted by molar-refractivity contribution is 7.80. The maximum Gasteiger partial charge on any atom is 0.104 e. The molecule has 0 aliphatic carbocycles. The number of hydrogen-bond donors (Lipinski definition) is 2. The van der Waals surface area contributed by atoms with Crippen molar-refractivity contribution < 1.29 is 0 Å². The van der Waals surface area contributed by atoms with Gasteiger partial charge in [0.15, 0.2) is 0 Å². The number of nitrogens with two attached hydrogens (primary N) is 1. The number of hydrogen-bond acceptors (Lipinski definition) is 2. The van der Waals surface area contributed by atoms with Crippen molar-refractivity contribution in [2.24, 2.45) is 5.73 Å². The molecule has 0 saturated carbocycles. The molecule has 3 aromatic carbocycles. The van der Waals surface area contributed by atoms with Crippen LogP contribution in [-0.4, -0.2) is 4.99 Å². The third-order valence-corrected chi connectivity index (χ3v) is 3.75. The molecule has 0 spiro atoms.